The summed E-state index contributed by atoms with van der Waals surface area (Å²) in [5.74, 6) is -0.889. The molecule has 0 amide bonds. The van der Waals surface area contributed by atoms with Gasteiger partial charge in [0.2, 0.25) is 0 Å². The third kappa shape index (κ3) is 3.96. The van der Waals surface area contributed by atoms with Crippen LogP contribution in [0.4, 0.5) is 0 Å². The highest BCUT2D eigenvalue weighted by molar-refractivity contribution is 5.87. The van der Waals surface area contributed by atoms with Crippen molar-refractivity contribution in [3.63, 3.8) is 0 Å². The summed E-state index contributed by atoms with van der Waals surface area (Å²) in [6.07, 6.45) is 4.16. The Hall–Kier alpha value is -2.07. The van der Waals surface area contributed by atoms with Gasteiger partial charge in [0, 0.05) is 31.5 Å². The molecule has 4 nitrogen and oxygen atoms in total. The van der Waals surface area contributed by atoms with Gasteiger partial charge in [0.1, 0.15) is 0 Å². The molecule has 0 radical (unpaired) electrons. The van der Waals surface area contributed by atoms with E-state index in [1.54, 1.807) is 12.1 Å². The Morgan fingerprint density at radius 1 is 1.20 bits per heavy atom. The lowest BCUT2D eigenvalue weighted by atomic mass is 10.1. The first-order chi connectivity index (χ1) is 9.54. The third-order valence-corrected chi connectivity index (χ3v) is 3.09. The average Bonchev–Trinajstić information content (AvgIpc) is 2.84. The minimum Gasteiger partial charge on any atom is -0.478 e. The van der Waals surface area contributed by atoms with Gasteiger partial charge in [-0.15, -0.1) is 0 Å². The van der Waals surface area contributed by atoms with E-state index in [1.807, 2.05) is 18.3 Å². The quantitative estimate of drug-likeness (QED) is 0.850. The number of carboxylic acid groups (broad SMARTS) is 1. The van der Waals surface area contributed by atoms with Crippen LogP contribution in [0.5, 0.6) is 0 Å². The van der Waals surface area contributed by atoms with Gasteiger partial charge in [0.05, 0.1) is 5.56 Å². The second kappa shape index (κ2) is 6.39. The van der Waals surface area contributed by atoms with Crippen LogP contribution in [0.25, 0.3) is 0 Å². The fourth-order valence-electron chi connectivity index (χ4n) is 1.98. The maximum absolute atomic E-state index is 10.8. The second-order valence-electron chi connectivity index (χ2n) is 5.23. The molecule has 0 saturated carbocycles. The number of carboxylic acids is 1. The zero-order valence-electron chi connectivity index (χ0n) is 11.8. The summed E-state index contributed by atoms with van der Waals surface area (Å²) < 4.78 is 2.10. The molecule has 106 valence electrons. The number of nitrogens with zero attached hydrogens (tertiary/aromatic N) is 1. The van der Waals surface area contributed by atoms with Crippen molar-refractivity contribution in [3.8, 4) is 0 Å². The number of hydrogen-bond donors (Lipinski definition) is 2. The van der Waals surface area contributed by atoms with Crippen molar-refractivity contribution in [2.45, 2.75) is 33.0 Å². The highest BCUT2D eigenvalue weighted by Gasteiger charge is 2.03. The first-order valence-electron chi connectivity index (χ1n) is 6.75. The molecule has 4 heteroatoms. The van der Waals surface area contributed by atoms with Crippen LogP contribution in [0.3, 0.4) is 0 Å². The minimum absolute atomic E-state index is 0.322. The van der Waals surface area contributed by atoms with Crippen LogP contribution in [-0.2, 0) is 13.1 Å². The Morgan fingerprint density at radius 3 is 2.50 bits per heavy atom. The summed E-state index contributed by atoms with van der Waals surface area (Å²) in [6, 6.07) is 9.57. The van der Waals surface area contributed by atoms with Gasteiger partial charge in [-0.3, -0.25) is 0 Å². The van der Waals surface area contributed by atoms with Crippen LogP contribution < -0.4 is 5.32 Å². The van der Waals surface area contributed by atoms with Crippen molar-refractivity contribution in [3.05, 3.63) is 59.4 Å². The van der Waals surface area contributed by atoms with E-state index in [1.165, 1.54) is 5.56 Å². The van der Waals surface area contributed by atoms with Crippen LogP contribution in [0, 0.1) is 0 Å². The topological polar surface area (TPSA) is 54.3 Å². The van der Waals surface area contributed by atoms with E-state index in [-0.39, 0.29) is 0 Å². The van der Waals surface area contributed by atoms with E-state index >= 15 is 0 Å². The molecule has 1 aromatic heterocycles. The van der Waals surface area contributed by atoms with Crippen LogP contribution in [0.15, 0.2) is 42.7 Å². The van der Waals surface area contributed by atoms with E-state index in [2.05, 4.69) is 36.0 Å². The van der Waals surface area contributed by atoms with E-state index in [0.29, 0.717) is 11.6 Å². The number of rotatable bonds is 6. The first kappa shape index (κ1) is 14.3. The summed E-state index contributed by atoms with van der Waals surface area (Å²) in [5, 5.41) is 12.2. The maximum Gasteiger partial charge on any atom is 0.335 e. The molecule has 0 saturated heterocycles. The summed E-state index contributed by atoms with van der Waals surface area (Å²) in [7, 11) is 0. The van der Waals surface area contributed by atoms with E-state index < -0.39 is 5.97 Å². The van der Waals surface area contributed by atoms with Gasteiger partial charge in [-0.1, -0.05) is 26.0 Å². The molecule has 2 aromatic rings. The molecule has 20 heavy (non-hydrogen) atoms. The van der Waals surface area contributed by atoms with Gasteiger partial charge >= 0.3 is 5.97 Å². The van der Waals surface area contributed by atoms with E-state index in [0.717, 1.165) is 18.7 Å². The molecule has 2 rings (SSSR count). The van der Waals surface area contributed by atoms with Gasteiger partial charge in [-0.2, -0.15) is 0 Å². The van der Waals surface area contributed by atoms with Crippen LogP contribution in [0.2, 0.25) is 0 Å². The van der Waals surface area contributed by atoms with Crippen molar-refractivity contribution in [1.82, 2.24) is 9.88 Å². The van der Waals surface area contributed by atoms with Gasteiger partial charge in [-0.25, -0.2) is 4.79 Å². The van der Waals surface area contributed by atoms with E-state index in [9.17, 15) is 4.79 Å². The fraction of sp³-hybridized carbons (Fsp3) is 0.312. The van der Waals surface area contributed by atoms with Crippen molar-refractivity contribution in [1.29, 1.82) is 0 Å². The molecule has 0 aliphatic rings. The van der Waals surface area contributed by atoms with Crippen LogP contribution in [0.1, 0.15) is 35.3 Å². The monoisotopic (exact) mass is 272 g/mol. The Kier molecular flexibility index (Phi) is 4.58. The number of aromatic nitrogens is 1. The summed E-state index contributed by atoms with van der Waals surface area (Å²) in [6.45, 7) is 5.87. The highest BCUT2D eigenvalue weighted by Crippen LogP contribution is 2.09. The smallest absolute Gasteiger partial charge is 0.335 e. The van der Waals surface area contributed by atoms with Gasteiger partial charge in [0.15, 0.2) is 0 Å². The van der Waals surface area contributed by atoms with Crippen molar-refractivity contribution in [2.75, 3.05) is 0 Å². The minimum atomic E-state index is -0.889. The Morgan fingerprint density at radius 2 is 1.90 bits per heavy atom. The normalized spacial score (nSPS) is 10.9. The maximum atomic E-state index is 10.8. The molecule has 0 unspecified atom stereocenters. The van der Waals surface area contributed by atoms with Crippen molar-refractivity contribution >= 4 is 5.97 Å². The molecule has 0 bridgehead atoms. The molecule has 0 fully saturated rings. The van der Waals surface area contributed by atoms with E-state index in [4.69, 9.17) is 5.11 Å². The van der Waals surface area contributed by atoms with Crippen molar-refractivity contribution < 1.29 is 9.90 Å². The number of aromatic carboxylic acids is 1. The number of hydrogen-bond acceptors (Lipinski definition) is 2. The number of nitrogens with one attached hydrogen (secondary N) is 1. The Bertz CT molecular complexity index is 570. The van der Waals surface area contributed by atoms with Crippen LogP contribution >= 0.6 is 0 Å². The molecule has 1 heterocycles. The molecular formula is C16H20N2O2. The Labute approximate surface area is 119 Å². The zero-order valence-corrected chi connectivity index (χ0v) is 11.8. The van der Waals surface area contributed by atoms with Gasteiger partial charge < -0.3 is 15.0 Å². The summed E-state index contributed by atoms with van der Waals surface area (Å²) in [4.78, 5) is 10.8. The number of carbonyl (C=O) groups is 1. The molecule has 0 spiro atoms. The second-order valence-corrected chi connectivity index (χ2v) is 5.23. The Balaban J connectivity index is 1.97. The lowest BCUT2D eigenvalue weighted by Gasteiger charge is -2.06. The number of benzene rings is 1. The molecule has 2 N–H and O–H groups in total. The molecule has 1 aromatic carbocycles. The SMILES string of the molecule is CC(C)NCc1ccn(Cc2ccc(C(=O)O)cc2)c1. The summed E-state index contributed by atoms with van der Waals surface area (Å²) >= 11 is 0. The summed E-state index contributed by atoms with van der Waals surface area (Å²) in [5.41, 5.74) is 2.66. The standard InChI is InChI=1S/C16H20N2O2/c1-12(2)17-9-14-7-8-18(11-14)10-13-3-5-15(6-4-13)16(19)20/h3-8,11-12,17H,9-10H2,1-2H3,(H,19,20). The highest BCUT2D eigenvalue weighted by atomic mass is 16.4. The van der Waals surface area contributed by atoms with Crippen LogP contribution in [-0.4, -0.2) is 21.7 Å². The molecular weight excluding hydrogens is 252 g/mol. The average molecular weight is 272 g/mol. The lowest BCUT2D eigenvalue weighted by Crippen LogP contribution is -2.21. The van der Waals surface area contributed by atoms with Gasteiger partial charge in [-0.05, 0) is 29.3 Å². The molecule has 0 atom stereocenters. The predicted octanol–water partition coefficient (Wildman–Crippen LogP) is 2.73. The predicted molar refractivity (Wildman–Crippen MR) is 78.9 cm³/mol. The first-order valence-corrected chi connectivity index (χ1v) is 6.75. The van der Waals surface area contributed by atoms with Crippen molar-refractivity contribution in [2.24, 2.45) is 0 Å². The zero-order chi connectivity index (χ0) is 14.5. The fourth-order valence-corrected chi connectivity index (χ4v) is 1.98. The van der Waals surface area contributed by atoms with Gasteiger partial charge in [0.25, 0.3) is 0 Å². The third-order valence-electron chi connectivity index (χ3n) is 3.09. The molecule has 0 aliphatic heterocycles. The molecule has 0 aliphatic carbocycles. The lowest BCUT2D eigenvalue weighted by molar-refractivity contribution is 0.0697. The largest absolute Gasteiger partial charge is 0.478 e.